The Hall–Kier alpha value is -0.860. The first-order chi connectivity index (χ1) is 7.59. The van der Waals surface area contributed by atoms with Crippen LogP contribution in [0.3, 0.4) is 0 Å². The van der Waals surface area contributed by atoms with E-state index in [-0.39, 0.29) is 11.7 Å². The van der Waals surface area contributed by atoms with Crippen molar-refractivity contribution in [3.8, 4) is 0 Å². The van der Waals surface area contributed by atoms with Crippen LogP contribution >= 0.6 is 0 Å². The Bertz CT molecular complexity index is 334. The average Bonchev–Trinajstić information content (AvgIpc) is 2.61. The lowest BCUT2D eigenvalue weighted by Gasteiger charge is -2.22. The van der Waals surface area contributed by atoms with Gasteiger partial charge in [0.25, 0.3) is 0 Å². The van der Waals surface area contributed by atoms with Gasteiger partial charge in [-0.15, -0.1) is 0 Å². The van der Waals surface area contributed by atoms with Crippen molar-refractivity contribution in [2.45, 2.75) is 45.3 Å². The van der Waals surface area contributed by atoms with Gasteiger partial charge in [-0.3, -0.25) is 0 Å². The topological polar surface area (TPSA) is 18.5 Å². The molecule has 0 N–H and O–H groups in total. The van der Waals surface area contributed by atoms with Crippen LogP contribution < -0.4 is 0 Å². The van der Waals surface area contributed by atoms with E-state index in [1.807, 2.05) is 18.2 Å². The lowest BCUT2D eigenvalue weighted by molar-refractivity contribution is -0.326. The van der Waals surface area contributed by atoms with Crippen molar-refractivity contribution in [1.82, 2.24) is 0 Å². The smallest absolute Gasteiger partial charge is 0.121 e. The molecule has 2 unspecified atom stereocenters. The van der Waals surface area contributed by atoms with Crippen LogP contribution in [-0.2, 0) is 9.78 Å². The van der Waals surface area contributed by atoms with Crippen molar-refractivity contribution in [2.75, 3.05) is 0 Å². The van der Waals surface area contributed by atoms with Gasteiger partial charge in [0.1, 0.15) is 11.7 Å². The van der Waals surface area contributed by atoms with Crippen LogP contribution in [0, 0.1) is 5.92 Å². The first kappa shape index (κ1) is 11.6. The van der Waals surface area contributed by atoms with E-state index in [2.05, 4.69) is 32.9 Å². The standard InChI is InChI=1S/C14H20O2/c1-11(2)9-14(3)10-13(15-16-14)12-7-5-4-6-8-12/h4-8,11,13H,9-10H2,1-3H3. The van der Waals surface area contributed by atoms with E-state index in [9.17, 15) is 0 Å². The minimum atomic E-state index is -0.130. The molecule has 1 aliphatic heterocycles. The van der Waals surface area contributed by atoms with E-state index >= 15 is 0 Å². The molecule has 0 amide bonds. The highest BCUT2D eigenvalue weighted by Crippen LogP contribution is 2.40. The lowest BCUT2D eigenvalue weighted by atomic mass is 9.88. The molecule has 2 heteroatoms. The molecule has 1 aromatic carbocycles. The molecule has 1 aromatic rings. The SMILES string of the molecule is CC(C)CC1(C)CC(c2ccccc2)OO1. The minimum Gasteiger partial charge on any atom is -0.230 e. The van der Waals surface area contributed by atoms with Crippen LogP contribution in [0.2, 0.25) is 0 Å². The number of hydrogen-bond acceptors (Lipinski definition) is 2. The van der Waals surface area contributed by atoms with Gasteiger partial charge in [0, 0.05) is 6.42 Å². The first-order valence-electron chi connectivity index (χ1n) is 5.98. The highest BCUT2D eigenvalue weighted by molar-refractivity contribution is 5.18. The Morgan fingerprint density at radius 1 is 1.31 bits per heavy atom. The Morgan fingerprint density at radius 3 is 2.62 bits per heavy atom. The summed E-state index contributed by atoms with van der Waals surface area (Å²) < 4.78 is 0. The summed E-state index contributed by atoms with van der Waals surface area (Å²) in [6.45, 7) is 6.56. The molecule has 1 fully saturated rings. The Kier molecular flexibility index (Phi) is 3.31. The monoisotopic (exact) mass is 220 g/mol. The molecule has 0 spiro atoms. The second kappa shape index (κ2) is 4.56. The summed E-state index contributed by atoms with van der Waals surface area (Å²) in [6.07, 6.45) is 2.07. The zero-order valence-corrected chi connectivity index (χ0v) is 10.3. The second-order valence-corrected chi connectivity index (χ2v) is 5.33. The van der Waals surface area contributed by atoms with E-state index in [0.717, 1.165) is 12.8 Å². The molecule has 88 valence electrons. The summed E-state index contributed by atoms with van der Waals surface area (Å²) in [6, 6.07) is 10.3. The van der Waals surface area contributed by atoms with Gasteiger partial charge in [0.2, 0.25) is 0 Å². The summed E-state index contributed by atoms with van der Waals surface area (Å²) in [5.41, 5.74) is 1.07. The fourth-order valence-electron chi connectivity index (χ4n) is 2.46. The Labute approximate surface area is 97.5 Å². The molecular weight excluding hydrogens is 200 g/mol. The Morgan fingerprint density at radius 2 is 2.00 bits per heavy atom. The van der Waals surface area contributed by atoms with E-state index < -0.39 is 0 Å². The zero-order chi connectivity index (χ0) is 11.6. The largest absolute Gasteiger partial charge is 0.230 e. The summed E-state index contributed by atoms with van der Waals surface area (Å²) in [4.78, 5) is 11.0. The van der Waals surface area contributed by atoms with Crippen LogP contribution in [0.1, 0.15) is 45.3 Å². The molecule has 1 heterocycles. The van der Waals surface area contributed by atoms with Crippen molar-refractivity contribution in [1.29, 1.82) is 0 Å². The van der Waals surface area contributed by atoms with Gasteiger partial charge in [-0.1, -0.05) is 44.2 Å². The molecule has 0 aliphatic carbocycles. The van der Waals surface area contributed by atoms with Crippen molar-refractivity contribution in [3.63, 3.8) is 0 Å². The highest BCUT2D eigenvalue weighted by Gasteiger charge is 2.39. The maximum Gasteiger partial charge on any atom is 0.121 e. The third kappa shape index (κ3) is 2.63. The molecule has 1 saturated heterocycles. The fraction of sp³-hybridized carbons (Fsp3) is 0.571. The fourth-order valence-corrected chi connectivity index (χ4v) is 2.46. The quantitative estimate of drug-likeness (QED) is 0.720. The van der Waals surface area contributed by atoms with Crippen molar-refractivity contribution < 1.29 is 9.78 Å². The summed E-state index contributed by atoms with van der Waals surface area (Å²) in [7, 11) is 0. The summed E-state index contributed by atoms with van der Waals surface area (Å²) >= 11 is 0. The predicted molar refractivity (Wildman–Crippen MR) is 63.8 cm³/mol. The average molecular weight is 220 g/mol. The second-order valence-electron chi connectivity index (χ2n) is 5.33. The van der Waals surface area contributed by atoms with Gasteiger partial charge in [-0.05, 0) is 24.8 Å². The molecule has 2 atom stereocenters. The first-order valence-corrected chi connectivity index (χ1v) is 5.98. The van der Waals surface area contributed by atoms with Gasteiger partial charge in [-0.25, -0.2) is 9.78 Å². The third-order valence-electron chi connectivity index (χ3n) is 2.99. The number of benzene rings is 1. The summed E-state index contributed by atoms with van der Waals surface area (Å²) in [5.74, 6) is 0.628. The molecule has 0 bridgehead atoms. The molecule has 2 rings (SSSR count). The predicted octanol–water partition coefficient (Wildman–Crippen LogP) is 3.88. The van der Waals surface area contributed by atoms with E-state index in [0.29, 0.717) is 5.92 Å². The van der Waals surface area contributed by atoms with Crippen molar-refractivity contribution in [3.05, 3.63) is 35.9 Å². The van der Waals surface area contributed by atoms with Crippen LogP contribution in [0.4, 0.5) is 0 Å². The van der Waals surface area contributed by atoms with Gasteiger partial charge < -0.3 is 0 Å². The highest BCUT2D eigenvalue weighted by atomic mass is 17.2. The number of hydrogen-bond donors (Lipinski definition) is 0. The lowest BCUT2D eigenvalue weighted by Crippen LogP contribution is -2.25. The van der Waals surface area contributed by atoms with Crippen LogP contribution in [0.5, 0.6) is 0 Å². The van der Waals surface area contributed by atoms with Gasteiger partial charge in [0.15, 0.2) is 0 Å². The molecule has 0 saturated carbocycles. The van der Waals surface area contributed by atoms with Crippen LogP contribution in [0.15, 0.2) is 30.3 Å². The Balaban J connectivity index is 2.03. The number of rotatable bonds is 3. The van der Waals surface area contributed by atoms with Crippen LogP contribution in [0.25, 0.3) is 0 Å². The molecule has 16 heavy (non-hydrogen) atoms. The van der Waals surface area contributed by atoms with Gasteiger partial charge >= 0.3 is 0 Å². The van der Waals surface area contributed by atoms with E-state index in [1.165, 1.54) is 5.56 Å². The summed E-state index contributed by atoms with van der Waals surface area (Å²) in [5, 5.41) is 0. The van der Waals surface area contributed by atoms with Gasteiger partial charge in [0.05, 0.1) is 0 Å². The van der Waals surface area contributed by atoms with Crippen molar-refractivity contribution in [2.24, 2.45) is 5.92 Å². The van der Waals surface area contributed by atoms with Gasteiger partial charge in [-0.2, -0.15) is 0 Å². The van der Waals surface area contributed by atoms with E-state index in [4.69, 9.17) is 9.78 Å². The minimum absolute atomic E-state index is 0.0879. The zero-order valence-electron chi connectivity index (χ0n) is 10.3. The van der Waals surface area contributed by atoms with E-state index in [1.54, 1.807) is 0 Å². The van der Waals surface area contributed by atoms with Crippen molar-refractivity contribution >= 4 is 0 Å². The molecule has 0 radical (unpaired) electrons. The molecule has 2 nitrogen and oxygen atoms in total. The maximum absolute atomic E-state index is 5.52. The molecule has 1 aliphatic rings. The van der Waals surface area contributed by atoms with Crippen LogP contribution in [-0.4, -0.2) is 5.60 Å². The normalized spacial score (nSPS) is 29.9. The maximum atomic E-state index is 5.52. The third-order valence-corrected chi connectivity index (χ3v) is 2.99. The molecular formula is C14H20O2. The molecule has 0 aromatic heterocycles.